The first-order chi connectivity index (χ1) is 12.7. The summed E-state index contributed by atoms with van der Waals surface area (Å²) in [5, 5.41) is 14.0. The average Bonchev–Trinajstić information content (AvgIpc) is 3.15. The van der Waals surface area contributed by atoms with E-state index in [1.165, 1.54) is 0 Å². The van der Waals surface area contributed by atoms with Crippen LogP contribution in [0.5, 0.6) is 0 Å². The number of pyridine rings is 1. The number of aromatic carboxylic acids is 1. The molecule has 126 valence electrons. The maximum absolute atomic E-state index is 11.3. The highest BCUT2D eigenvalue weighted by Gasteiger charge is 2.15. The summed E-state index contributed by atoms with van der Waals surface area (Å²) in [5.74, 6) is -0.959. The van der Waals surface area contributed by atoms with Crippen molar-refractivity contribution in [2.75, 3.05) is 0 Å². The van der Waals surface area contributed by atoms with Gasteiger partial charge in [-0.25, -0.2) is 9.48 Å². The van der Waals surface area contributed by atoms with Crippen LogP contribution >= 0.6 is 0 Å². The van der Waals surface area contributed by atoms with Crippen molar-refractivity contribution in [3.05, 3.63) is 90.9 Å². The third-order valence-electron chi connectivity index (χ3n) is 4.11. The summed E-state index contributed by atoms with van der Waals surface area (Å²) in [7, 11) is 0. The van der Waals surface area contributed by atoms with Gasteiger partial charge < -0.3 is 5.11 Å². The van der Waals surface area contributed by atoms with Gasteiger partial charge in [0.2, 0.25) is 0 Å². The van der Waals surface area contributed by atoms with Gasteiger partial charge in [0.25, 0.3) is 0 Å². The zero-order valence-electron chi connectivity index (χ0n) is 13.8. The summed E-state index contributed by atoms with van der Waals surface area (Å²) in [6.45, 7) is 0. The molecule has 0 aliphatic carbocycles. The van der Waals surface area contributed by atoms with E-state index in [-0.39, 0.29) is 5.56 Å². The summed E-state index contributed by atoms with van der Waals surface area (Å²) in [6.07, 6.45) is 5.41. The predicted octanol–water partition coefficient (Wildman–Crippen LogP) is 4.30. The fourth-order valence-electron chi connectivity index (χ4n) is 2.84. The highest BCUT2D eigenvalue weighted by atomic mass is 16.4. The lowest BCUT2D eigenvalue weighted by Gasteiger charge is -2.03. The van der Waals surface area contributed by atoms with Gasteiger partial charge in [-0.15, -0.1) is 0 Å². The number of nitrogens with zero attached hydrogens (tertiary/aromatic N) is 3. The Hall–Kier alpha value is -3.73. The molecule has 26 heavy (non-hydrogen) atoms. The number of benzene rings is 2. The van der Waals surface area contributed by atoms with Crippen molar-refractivity contribution < 1.29 is 9.90 Å². The monoisotopic (exact) mass is 341 g/mol. The highest BCUT2D eigenvalue weighted by Crippen LogP contribution is 2.32. The molecule has 4 rings (SSSR count). The van der Waals surface area contributed by atoms with Crippen molar-refractivity contribution >= 4 is 5.97 Å². The summed E-state index contributed by atoms with van der Waals surface area (Å²) in [5.41, 5.74) is 4.53. The molecule has 0 spiro atoms. The molecule has 0 saturated carbocycles. The van der Waals surface area contributed by atoms with Gasteiger partial charge >= 0.3 is 5.97 Å². The molecule has 0 saturated heterocycles. The molecule has 0 aliphatic heterocycles. The van der Waals surface area contributed by atoms with Crippen LogP contribution in [0, 0.1) is 0 Å². The van der Waals surface area contributed by atoms with E-state index in [4.69, 9.17) is 5.10 Å². The molecule has 2 heterocycles. The Kier molecular flexibility index (Phi) is 4.03. The van der Waals surface area contributed by atoms with E-state index >= 15 is 0 Å². The number of carboxylic acid groups (broad SMARTS) is 1. The van der Waals surface area contributed by atoms with Gasteiger partial charge in [-0.05, 0) is 42.0 Å². The number of rotatable bonds is 4. The average molecular weight is 341 g/mol. The molecule has 1 N–H and O–H groups in total. The van der Waals surface area contributed by atoms with Crippen LogP contribution in [0.4, 0.5) is 0 Å². The summed E-state index contributed by atoms with van der Waals surface area (Å²) < 4.78 is 1.80. The Morgan fingerprint density at radius 2 is 1.65 bits per heavy atom. The smallest absolute Gasteiger partial charge is 0.335 e. The third kappa shape index (κ3) is 2.98. The predicted molar refractivity (Wildman–Crippen MR) is 99.2 cm³/mol. The van der Waals surface area contributed by atoms with Crippen LogP contribution < -0.4 is 0 Å². The normalized spacial score (nSPS) is 10.6. The number of carbonyl (C=O) groups is 1. The molecule has 2 aromatic heterocycles. The molecule has 0 radical (unpaired) electrons. The second-order valence-electron chi connectivity index (χ2n) is 5.79. The van der Waals surface area contributed by atoms with Crippen LogP contribution in [0.25, 0.3) is 28.1 Å². The lowest BCUT2D eigenvalue weighted by Crippen LogP contribution is -1.97. The van der Waals surface area contributed by atoms with E-state index < -0.39 is 5.97 Å². The van der Waals surface area contributed by atoms with Crippen LogP contribution in [0.15, 0.2) is 85.3 Å². The number of aromatic nitrogens is 3. The summed E-state index contributed by atoms with van der Waals surface area (Å²) in [6, 6.07) is 20.5. The van der Waals surface area contributed by atoms with Gasteiger partial charge in [-0.3, -0.25) is 4.98 Å². The van der Waals surface area contributed by atoms with E-state index in [0.29, 0.717) is 0 Å². The van der Waals surface area contributed by atoms with Crippen molar-refractivity contribution in [2.45, 2.75) is 0 Å². The van der Waals surface area contributed by atoms with E-state index in [0.717, 1.165) is 28.1 Å². The Balaban J connectivity index is 1.91. The van der Waals surface area contributed by atoms with Gasteiger partial charge in [0.05, 0.1) is 11.3 Å². The molecular formula is C21H15N3O2. The van der Waals surface area contributed by atoms with E-state index in [1.54, 1.807) is 35.3 Å². The molecular weight excluding hydrogens is 326 g/mol. The first kappa shape index (κ1) is 15.8. The van der Waals surface area contributed by atoms with Gasteiger partial charge in [-0.2, -0.15) is 5.10 Å². The lowest BCUT2D eigenvalue weighted by atomic mass is 10.0. The van der Waals surface area contributed by atoms with Crippen molar-refractivity contribution in [1.82, 2.24) is 14.8 Å². The standard InChI is InChI=1S/C21H15N3O2/c25-21(26)17-6-4-5-16(13-17)20-19(15-9-11-22-12-10-15)14-24(23-20)18-7-2-1-3-8-18/h1-14H,(H,25,26). The zero-order valence-corrected chi connectivity index (χ0v) is 13.8. The van der Waals surface area contributed by atoms with Crippen LogP contribution in [-0.4, -0.2) is 25.8 Å². The Morgan fingerprint density at radius 3 is 2.38 bits per heavy atom. The Labute approximate surface area is 150 Å². The topological polar surface area (TPSA) is 68.0 Å². The minimum atomic E-state index is -0.959. The second kappa shape index (κ2) is 6.64. The number of carboxylic acids is 1. The maximum atomic E-state index is 11.3. The SMILES string of the molecule is O=C(O)c1cccc(-c2nn(-c3ccccc3)cc2-c2ccncc2)c1. The molecule has 4 aromatic rings. The Morgan fingerprint density at radius 1 is 0.885 bits per heavy atom. The molecule has 0 fully saturated rings. The lowest BCUT2D eigenvalue weighted by molar-refractivity contribution is 0.0697. The second-order valence-corrected chi connectivity index (χ2v) is 5.79. The highest BCUT2D eigenvalue weighted by molar-refractivity contribution is 5.90. The third-order valence-corrected chi connectivity index (χ3v) is 4.11. The molecule has 0 aliphatic rings. The largest absolute Gasteiger partial charge is 0.478 e. The van der Waals surface area contributed by atoms with Crippen molar-refractivity contribution in [3.63, 3.8) is 0 Å². The van der Waals surface area contributed by atoms with Crippen molar-refractivity contribution in [3.8, 4) is 28.1 Å². The van der Waals surface area contributed by atoms with Crippen LogP contribution in [-0.2, 0) is 0 Å². The van der Waals surface area contributed by atoms with E-state index in [9.17, 15) is 9.90 Å². The molecule has 5 nitrogen and oxygen atoms in total. The minimum absolute atomic E-state index is 0.234. The number of hydrogen-bond acceptors (Lipinski definition) is 3. The summed E-state index contributed by atoms with van der Waals surface area (Å²) >= 11 is 0. The molecule has 0 atom stereocenters. The van der Waals surface area contributed by atoms with Gasteiger partial charge in [0.1, 0.15) is 5.69 Å². The van der Waals surface area contributed by atoms with E-state index in [2.05, 4.69) is 4.98 Å². The van der Waals surface area contributed by atoms with Crippen LogP contribution in [0.1, 0.15) is 10.4 Å². The number of para-hydroxylation sites is 1. The fourth-order valence-corrected chi connectivity index (χ4v) is 2.84. The first-order valence-corrected chi connectivity index (χ1v) is 8.11. The quantitative estimate of drug-likeness (QED) is 0.601. The van der Waals surface area contributed by atoms with Gasteiger partial charge in [-0.1, -0.05) is 30.3 Å². The fraction of sp³-hybridized carbons (Fsp3) is 0. The Bertz CT molecular complexity index is 1060. The van der Waals surface area contributed by atoms with E-state index in [1.807, 2.05) is 54.7 Å². The maximum Gasteiger partial charge on any atom is 0.335 e. The number of hydrogen-bond donors (Lipinski definition) is 1. The minimum Gasteiger partial charge on any atom is -0.478 e. The molecule has 0 bridgehead atoms. The zero-order chi connectivity index (χ0) is 17.9. The van der Waals surface area contributed by atoms with Crippen molar-refractivity contribution in [2.24, 2.45) is 0 Å². The van der Waals surface area contributed by atoms with Crippen molar-refractivity contribution in [1.29, 1.82) is 0 Å². The summed E-state index contributed by atoms with van der Waals surface area (Å²) in [4.78, 5) is 15.4. The molecule has 0 amide bonds. The van der Waals surface area contributed by atoms with Gasteiger partial charge in [0.15, 0.2) is 0 Å². The molecule has 0 unspecified atom stereocenters. The molecule has 5 heteroatoms. The van der Waals surface area contributed by atoms with Crippen LogP contribution in [0.3, 0.4) is 0 Å². The first-order valence-electron chi connectivity index (χ1n) is 8.11. The van der Waals surface area contributed by atoms with Crippen LogP contribution in [0.2, 0.25) is 0 Å². The molecule has 2 aromatic carbocycles. The van der Waals surface area contributed by atoms with Gasteiger partial charge in [0, 0.05) is 29.7 Å².